The Labute approximate surface area is 85.2 Å². The van der Waals surface area contributed by atoms with Crippen LogP contribution in [0.15, 0.2) is 11.6 Å². The van der Waals surface area contributed by atoms with Crippen molar-refractivity contribution in [2.75, 3.05) is 7.05 Å². The van der Waals surface area contributed by atoms with E-state index in [2.05, 4.69) is 25.2 Å². The summed E-state index contributed by atoms with van der Waals surface area (Å²) in [6.07, 6.45) is 4.11. The van der Waals surface area contributed by atoms with Crippen LogP contribution in [0.25, 0.3) is 0 Å². The second-order valence-electron chi connectivity index (χ2n) is 4.29. The summed E-state index contributed by atoms with van der Waals surface area (Å²) in [5, 5.41) is 11.9. The molecule has 1 aliphatic carbocycles. The fourth-order valence-corrected chi connectivity index (χ4v) is 2.41. The van der Waals surface area contributed by atoms with Gasteiger partial charge in [0.15, 0.2) is 0 Å². The highest BCUT2D eigenvalue weighted by atomic mass is 16.4. The van der Waals surface area contributed by atoms with E-state index in [1.165, 1.54) is 5.57 Å². The summed E-state index contributed by atoms with van der Waals surface area (Å²) in [5.74, 6) is 0.000787. The predicted octanol–water partition coefficient (Wildman–Crippen LogP) is 1.65. The molecule has 2 N–H and O–H groups in total. The molecule has 0 fully saturated rings. The van der Waals surface area contributed by atoms with Gasteiger partial charge in [0.2, 0.25) is 0 Å². The molecule has 1 rings (SSSR count). The average molecular weight is 197 g/mol. The maximum Gasteiger partial charge on any atom is 0.320 e. The third-order valence-electron chi connectivity index (χ3n) is 2.88. The normalized spacial score (nSPS) is 29.5. The number of carboxylic acid groups (broad SMARTS) is 1. The van der Waals surface area contributed by atoms with Gasteiger partial charge in [-0.2, -0.15) is 0 Å². The Morgan fingerprint density at radius 2 is 2.36 bits per heavy atom. The first-order valence-electron chi connectivity index (χ1n) is 5.12. The smallest absolute Gasteiger partial charge is 0.320 e. The Bertz CT molecular complexity index is 248. The van der Waals surface area contributed by atoms with Crippen LogP contribution in [0.2, 0.25) is 0 Å². The molecule has 1 aliphatic rings. The second kappa shape index (κ2) is 4.60. The van der Waals surface area contributed by atoms with Crippen molar-refractivity contribution < 1.29 is 9.90 Å². The number of hydrogen-bond acceptors (Lipinski definition) is 2. The molecular formula is C11H19NO2. The van der Waals surface area contributed by atoms with Gasteiger partial charge in [0.05, 0.1) is 0 Å². The van der Waals surface area contributed by atoms with E-state index >= 15 is 0 Å². The van der Waals surface area contributed by atoms with Crippen molar-refractivity contribution in [3.63, 3.8) is 0 Å². The van der Waals surface area contributed by atoms with E-state index in [0.717, 1.165) is 12.8 Å². The van der Waals surface area contributed by atoms with Crippen LogP contribution in [0.5, 0.6) is 0 Å². The first-order chi connectivity index (χ1) is 6.54. The molecule has 3 atom stereocenters. The number of aliphatic carboxylic acids is 1. The lowest BCUT2D eigenvalue weighted by Crippen LogP contribution is -2.42. The highest BCUT2D eigenvalue weighted by Crippen LogP contribution is 2.30. The van der Waals surface area contributed by atoms with Crippen molar-refractivity contribution in [1.82, 2.24) is 5.32 Å². The standard InChI is InChI=1S/C11H19NO2/c1-7-4-8(2)6-9(5-7)10(12-3)11(13)14/h4,7,9-10,12H,5-6H2,1-3H3,(H,13,14). The highest BCUT2D eigenvalue weighted by molar-refractivity contribution is 5.73. The predicted molar refractivity (Wildman–Crippen MR) is 56.1 cm³/mol. The molecule has 0 aliphatic heterocycles. The van der Waals surface area contributed by atoms with Crippen LogP contribution in [0.3, 0.4) is 0 Å². The van der Waals surface area contributed by atoms with Crippen molar-refractivity contribution >= 4 is 5.97 Å². The molecule has 0 saturated carbocycles. The van der Waals surface area contributed by atoms with E-state index in [4.69, 9.17) is 5.11 Å². The van der Waals surface area contributed by atoms with E-state index in [1.807, 2.05) is 0 Å². The summed E-state index contributed by atoms with van der Waals surface area (Å²) >= 11 is 0. The molecule has 3 nitrogen and oxygen atoms in total. The number of carbonyl (C=O) groups is 1. The summed E-state index contributed by atoms with van der Waals surface area (Å²) in [6.45, 7) is 4.22. The highest BCUT2D eigenvalue weighted by Gasteiger charge is 2.29. The van der Waals surface area contributed by atoms with Gasteiger partial charge in [-0.25, -0.2) is 0 Å². The molecule has 0 spiro atoms. The molecule has 0 amide bonds. The Hall–Kier alpha value is -0.830. The summed E-state index contributed by atoms with van der Waals surface area (Å²) in [5.41, 5.74) is 1.32. The van der Waals surface area contributed by atoms with Crippen LogP contribution < -0.4 is 5.32 Å². The van der Waals surface area contributed by atoms with Crippen molar-refractivity contribution in [3.05, 3.63) is 11.6 Å². The van der Waals surface area contributed by atoms with Gasteiger partial charge in [0.25, 0.3) is 0 Å². The molecule has 0 saturated heterocycles. The SMILES string of the molecule is CNC(C(=O)O)C1CC(C)=CC(C)C1. The van der Waals surface area contributed by atoms with Gasteiger partial charge in [0, 0.05) is 0 Å². The molecule has 3 unspecified atom stereocenters. The zero-order valence-electron chi connectivity index (χ0n) is 9.08. The lowest BCUT2D eigenvalue weighted by Gasteiger charge is -2.29. The molecule has 14 heavy (non-hydrogen) atoms. The molecule has 0 bridgehead atoms. The topological polar surface area (TPSA) is 49.3 Å². The van der Waals surface area contributed by atoms with Crippen molar-refractivity contribution in [2.24, 2.45) is 11.8 Å². The fourth-order valence-electron chi connectivity index (χ4n) is 2.41. The van der Waals surface area contributed by atoms with Gasteiger partial charge in [-0.05, 0) is 38.6 Å². The average Bonchev–Trinajstić information content (AvgIpc) is 2.02. The first-order valence-corrected chi connectivity index (χ1v) is 5.12. The molecule has 0 radical (unpaired) electrons. The number of carboxylic acids is 1. The van der Waals surface area contributed by atoms with Crippen molar-refractivity contribution in [1.29, 1.82) is 0 Å². The van der Waals surface area contributed by atoms with Gasteiger partial charge >= 0.3 is 5.97 Å². The molecule has 0 aromatic heterocycles. The first kappa shape index (κ1) is 11.2. The minimum absolute atomic E-state index is 0.234. The van der Waals surface area contributed by atoms with Crippen LogP contribution in [0.1, 0.15) is 26.7 Å². The van der Waals surface area contributed by atoms with Gasteiger partial charge in [-0.3, -0.25) is 4.79 Å². The summed E-state index contributed by atoms with van der Waals surface area (Å²) in [7, 11) is 1.72. The van der Waals surface area contributed by atoms with E-state index in [-0.39, 0.29) is 5.92 Å². The lowest BCUT2D eigenvalue weighted by atomic mass is 9.79. The van der Waals surface area contributed by atoms with E-state index in [1.54, 1.807) is 7.05 Å². The molecular weight excluding hydrogens is 178 g/mol. The monoisotopic (exact) mass is 197 g/mol. The van der Waals surface area contributed by atoms with Crippen molar-refractivity contribution in [2.45, 2.75) is 32.7 Å². The largest absolute Gasteiger partial charge is 0.480 e. The summed E-state index contributed by atoms with van der Waals surface area (Å²) in [4.78, 5) is 11.0. The third kappa shape index (κ3) is 2.58. The minimum Gasteiger partial charge on any atom is -0.480 e. The number of allylic oxidation sites excluding steroid dienone is 2. The van der Waals surface area contributed by atoms with E-state index < -0.39 is 12.0 Å². The van der Waals surface area contributed by atoms with Crippen LogP contribution in [-0.2, 0) is 4.79 Å². The number of nitrogens with one attached hydrogen (secondary N) is 1. The zero-order valence-corrected chi connectivity index (χ0v) is 9.08. The second-order valence-corrected chi connectivity index (χ2v) is 4.29. The van der Waals surface area contributed by atoms with Gasteiger partial charge < -0.3 is 10.4 Å². The minimum atomic E-state index is -0.737. The fraction of sp³-hybridized carbons (Fsp3) is 0.727. The van der Waals surface area contributed by atoms with E-state index in [9.17, 15) is 4.79 Å². The molecule has 0 aromatic carbocycles. The Kier molecular flexibility index (Phi) is 3.69. The quantitative estimate of drug-likeness (QED) is 0.676. The molecule has 0 heterocycles. The third-order valence-corrected chi connectivity index (χ3v) is 2.88. The zero-order chi connectivity index (χ0) is 10.7. The van der Waals surface area contributed by atoms with Crippen LogP contribution in [0, 0.1) is 11.8 Å². The lowest BCUT2D eigenvalue weighted by molar-refractivity contribution is -0.141. The molecule has 3 heteroatoms. The summed E-state index contributed by atoms with van der Waals surface area (Å²) < 4.78 is 0. The van der Waals surface area contributed by atoms with Gasteiger partial charge in [-0.15, -0.1) is 0 Å². The molecule has 80 valence electrons. The molecule has 0 aromatic rings. The Morgan fingerprint density at radius 3 is 2.79 bits per heavy atom. The summed E-state index contributed by atoms with van der Waals surface area (Å²) in [6, 6.07) is -0.402. The number of rotatable bonds is 3. The van der Waals surface area contributed by atoms with Gasteiger partial charge in [0.1, 0.15) is 6.04 Å². The van der Waals surface area contributed by atoms with Crippen LogP contribution >= 0.6 is 0 Å². The number of hydrogen-bond donors (Lipinski definition) is 2. The van der Waals surface area contributed by atoms with E-state index in [0.29, 0.717) is 5.92 Å². The maximum atomic E-state index is 11.0. The van der Waals surface area contributed by atoms with Gasteiger partial charge in [-0.1, -0.05) is 18.6 Å². The number of likely N-dealkylation sites (N-methyl/N-ethyl adjacent to an activating group) is 1. The maximum absolute atomic E-state index is 11.0. The Morgan fingerprint density at radius 1 is 1.71 bits per heavy atom. The van der Waals surface area contributed by atoms with Crippen LogP contribution in [-0.4, -0.2) is 24.2 Å². The van der Waals surface area contributed by atoms with Crippen molar-refractivity contribution in [3.8, 4) is 0 Å². The Balaban J connectivity index is 2.69. The van der Waals surface area contributed by atoms with Crippen LogP contribution in [0.4, 0.5) is 0 Å².